The van der Waals surface area contributed by atoms with E-state index in [4.69, 9.17) is 5.11 Å². The van der Waals surface area contributed by atoms with Gasteiger partial charge < -0.3 is 15.1 Å². The quantitative estimate of drug-likeness (QED) is 0.840. The van der Waals surface area contributed by atoms with Gasteiger partial charge in [0.15, 0.2) is 5.69 Å². The molecule has 0 aliphatic heterocycles. The van der Waals surface area contributed by atoms with Crippen LogP contribution in [0, 0.1) is 6.92 Å². The summed E-state index contributed by atoms with van der Waals surface area (Å²) in [6.45, 7) is 4.57. The molecular formula is C14H17N3O4. The van der Waals surface area contributed by atoms with Crippen LogP contribution in [-0.4, -0.2) is 44.6 Å². The Labute approximate surface area is 121 Å². The lowest BCUT2D eigenvalue weighted by atomic mass is 10.3. The molecule has 2 heterocycles. The molecule has 2 rings (SSSR count). The first-order valence-corrected chi connectivity index (χ1v) is 6.62. The average Bonchev–Trinajstić information content (AvgIpc) is 2.74. The number of aromatic nitrogens is 2. The summed E-state index contributed by atoms with van der Waals surface area (Å²) in [5.74, 6) is -1.90. The third kappa shape index (κ3) is 2.96. The van der Waals surface area contributed by atoms with Crippen molar-refractivity contribution >= 4 is 23.3 Å². The molecule has 0 aliphatic carbocycles. The maximum absolute atomic E-state index is 11.3. The lowest BCUT2D eigenvalue weighted by Crippen LogP contribution is -2.26. The highest BCUT2D eigenvalue weighted by Gasteiger charge is 2.16. The van der Waals surface area contributed by atoms with Gasteiger partial charge in [-0.15, -0.1) is 0 Å². The van der Waals surface area contributed by atoms with Crippen LogP contribution in [0.15, 0.2) is 18.3 Å². The maximum Gasteiger partial charge on any atom is 0.354 e. The maximum atomic E-state index is 11.3. The van der Waals surface area contributed by atoms with Gasteiger partial charge in [-0.2, -0.15) is 0 Å². The normalized spacial score (nSPS) is 10.8. The van der Waals surface area contributed by atoms with Crippen molar-refractivity contribution in [3.8, 4) is 0 Å². The van der Waals surface area contributed by atoms with Crippen LogP contribution >= 0.6 is 0 Å². The third-order valence-corrected chi connectivity index (χ3v) is 3.32. The van der Waals surface area contributed by atoms with E-state index in [9.17, 15) is 14.7 Å². The predicted octanol–water partition coefficient (Wildman–Crippen LogP) is 1.64. The van der Waals surface area contributed by atoms with Crippen LogP contribution in [0.2, 0.25) is 0 Å². The fourth-order valence-corrected chi connectivity index (χ4v) is 2.30. The van der Waals surface area contributed by atoms with Gasteiger partial charge in [-0.25, -0.2) is 9.78 Å². The van der Waals surface area contributed by atoms with Gasteiger partial charge in [-0.05, 0) is 26.0 Å². The second-order valence-corrected chi connectivity index (χ2v) is 4.69. The molecule has 2 aromatic heterocycles. The van der Waals surface area contributed by atoms with E-state index in [1.165, 1.54) is 4.40 Å². The van der Waals surface area contributed by atoms with Crippen LogP contribution in [0.1, 0.15) is 29.5 Å². The number of rotatable bonds is 6. The molecule has 2 N–H and O–H groups in total. The highest BCUT2D eigenvalue weighted by molar-refractivity contribution is 5.88. The molecule has 7 nitrogen and oxygen atoms in total. The van der Waals surface area contributed by atoms with E-state index in [1.807, 2.05) is 17.9 Å². The summed E-state index contributed by atoms with van der Waals surface area (Å²) in [5.41, 5.74) is 1.91. The lowest BCUT2D eigenvalue weighted by molar-refractivity contribution is -0.136. The van der Waals surface area contributed by atoms with Crippen LogP contribution in [0.5, 0.6) is 0 Å². The van der Waals surface area contributed by atoms with Gasteiger partial charge >= 0.3 is 11.9 Å². The summed E-state index contributed by atoms with van der Waals surface area (Å²) in [6, 6.07) is 3.55. The number of carboxylic acids is 2. The number of hydrogen-bond donors (Lipinski definition) is 2. The summed E-state index contributed by atoms with van der Waals surface area (Å²) in [6.07, 6.45) is 1.71. The van der Waals surface area contributed by atoms with Gasteiger partial charge in [0.1, 0.15) is 5.65 Å². The number of hydrogen-bond acceptors (Lipinski definition) is 4. The van der Waals surface area contributed by atoms with E-state index in [2.05, 4.69) is 4.98 Å². The summed E-state index contributed by atoms with van der Waals surface area (Å²) in [7, 11) is 0. The van der Waals surface area contributed by atoms with Gasteiger partial charge in [-0.3, -0.25) is 9.20 Å². The monoisotopic (exact) mass is 291 g/mol. The zero-order chi connectivity index (χ0) is 15.6. The largest absolute Gasteiger partial charge is 0.481 e. The van der Waals surface area contributed by atoms with E-state index < -0.39 is 11.9 Å². The summed E-state index contributed by atoms with van der Waals surface area (Å²) < 4.78 is 1.52. The van der Waals surface area contributed by atoms with Crippen molar-refractivity contribution < 1.29 is 19.8 Å². The van der Waals surface area contributed by atoms with Crippen molar-refractivity contribution in [3.05, 3.63) is 29.7 Å². The molecule has 0 radical (unpaired) electrons. The minimum atomic E-state index is -1.04. The smallest absolute Gasteiger partial charge is 0.354 e. The minimum Gasteiger partial charge on any atom is -0.481 e. The Hall–Kier alpha value is -2.57. The number of aryl methyl sites for hydroxylation is 1. The predicted molar refractivity (Wildman–Crippen MR) is 77.0 cm³/mol. The topological polar surface area (TPSA) is 95.1 Å². The third-order valence-electron chi connectivity index (χ3n) is 3.32. The van der Waals surface area contributed by atoms with Gasteiger partial charge in [0.2, 0.25) is 0 Å². The van der Waals surface area contributed by atoms with Crippen LogP contribution in [0.4, 0.5) is 5.69 Å². The van der Waals surface area contributed by atoms with Crippen LogP contribution in [0.3, 0.4) is 0 Å². The van der Waals surface area contributed by atoms with Gasteiger partial charge in [0.05, 0.1) is 17.8 Å². The first-order chi connectivity index (χ1) is 9.93. The van der Waals surface area contributed by atoms with E-state index in [-0.39, 0.29) is 12.1 Å². The van der Waals surface area contributed by atoms with E-state index in [0.29, 0.717) is 24.4 Å². The molecule has 0 saturated heterocycles. The number of nitrogens with zero attached hydrogens (tertiary/aromatic N) is 3. The van der Waals surface area contributed by atoms with Crippen molar-refractivity contribution in [2.75, 3.05) is 18.0 Å². The van der Waals surface area contributed by atoms with Gasteiger partial charge in [0.25, 0.3) is 0 Å². The SMILES string of the molecule is CCN(CCC(=O)O)c1ccc2nc(C)c(C(=O)O)n2c1. The molecule has 7 heteroatoms. The Morgan fingerprint density at radius 1 is 1.33 bits per heavy atom. The van der Waals surface area contributed by atoms with Crippen molar-refractivity contribution in [3.63, 3.8) is 0 Å². The highest BCUT2D eigenvalue weighted by Crippen LogP contribution is 2.19. The number of aliphatic carboxylic acids is 1. The number of imidazole rings is 1. The Morgan fingerprint density at radius 3 is 2.62 bits per heavy atom. The Bertz CT molecular complexity index is 693. The number of carbonyl (C=O) groups is 2. The Kier molecular flexibility index (Phi) is 4.11. The van der Waals surface area contributed by atoms with Crippen LogP contribution in [0.25, 0.3) is 5.65 Å². The highest BCUT2D eigenvalue weighted by atomic mass is 16.4. The standard InChI is InChI=1S/C14H17N3O4/c1-3-16(7-6-12(18)19)10-4-5-11-15-9(2)13(14(20)21)17(11)8-10/h4-5,8H,3,6-7H2,1-2H3,(H,18,19)(H,20,21). The van der Waals surface area contributed by atoms with Crippen molar-refractivity contribution in [1.29, 1.82) is 0 Å². The molecule has 112 valence electrons. The van der Waals surface area contributed by atoms with Crippen LogP contribution in [-0.2, 0) is 4.79 Å². The van der Waals surface area contributed by atoms with Crippen molar-refractivity contribution in [2.45, 2.75) is 20.3 Å². The summed E-state index contributed by atoms with van der Waals surface area (Å²) in [4.78, 5) is 28.1. The molecule has 0 saturated carbocycles. The second kappa shape index (κ2) is 5.82. The molecule has 0 amide bonds. The van der Waals surface area contributed by atoms with Crippen molar-refractivity contribution in [1.82, 2.24) is 9.38 Å². The molecule has 0 atom stereocenters. The number of pyridine rings is 1. The molecular weight excluding hydrogens is 274 g/mol. The Morgan fingerprint density at radius 2 is 2.05 bits per heavy atom. The second-order valence-electron chi connectivity index (χ2n) is 4.69. The fraction of sp³-hybridized carbons (Fsp3) is 0.357. The Balaban J connectivity index is 2.42. The van der Waals surface area contributed by atoms with Crippen LogP contribution < -0.4 is 4.90 Å². The van der Waals surface area contributed by atoms with Gasteiger partial charge in [0, 0.05) is 19.3 Å². The molecule has 0 aliphatic rings. The van der Waals surface area contributed by atoms with E-state index in [1.54, 1.807) is 19.2 Å². The number of anilines is 1. The van der Waals surface area contributed by atoms with E-state index >= 15 is 0 Å². The number of fused-ring (bicyclic) bond motifs is 1. The molecule has 21 heavy (non-hydrogen) atoms. The molecule has 2 aromatic rings. The molecule has 0 bridgehead atoms. The zero-order valence-electron chi connectivity index (χ0n) is 11.9. The fourth-order valence-electron chi connectivity index (χ4n) is 2.30. The van der Waals surface area contributed by atoms with Gasteiger partial charge in [-0.1, -0.05) is 0 Å². The van der Waals surface area contributed by atoms with Crippen molar-refractivity contribution in [2.24, 2.45) is 0 Å². The summed E-state index contributed by atoms with van der Waals surface area (Å²) >= 11 is 0. The van der Waals surface area contributed by atoms with E-state index in [0.717, 1.165) is 5.69 Å². The lowest BCUT2D eigenvalue weighted by Gasteiger charge is -2.22. The molecule has 0 fully saturated rings. The number of carboxylic acid groups (broad SMARTS) is 2. The zero-order valence-corrected chi connectivity index (χ0v) is 11.9. The first kappa shape index (κ1) is 14.8. The molecule has 0 unspecified atom stereocenters. The summed E-state index contributed by atoms with van der Waals surface area (Å²) in [5, 5.41) is 18.0. The first-order valence-electron chi connectivity index (χ1n) is 6.62. The molecule has 0 aromatic carbocycles. The average molecular weight is 291 g/mol. The minimum absolute atomic E-state index is 0.0284. The number of aromatic carboxylic acids is 1. The molecule has 0 spiro atoms.